The third-order valence-electron chi connectivity index (χ3n) is 10.1. The molecule has 6 aliphatic carbocycles. The second-order valence-electron chi connectivity index (χ2n) is 12.4. The summed E-state index contributed by atoms with van der Waals surface area (Å²) in [5, 5.41) is 21.6. The average Bonchev–Trinajstić information content (AvgIpc) is 2.90. The Labute approximate surface area is 220 Å². The first-order valence-corrected chi connectivity index (χ1v) is 13.3. The number of rotatable bonds is 6. The quantitative estimate of drug-likeness (QED) is 0.245. The van der Waals surface area contributed by atoms with Crippen molar-refractivity contribution >= 4 is 11.9 Å². The molecule has 6 heteroatoms. The third kappa shape index (κ3) is 4.53. The Bertz CT molecular complexity index is 1040. The van der Waals surface area contributed by atoms with Crippen molar-refractivity contribution in [3.8, 4) is 23.7 Å². The van der Waals surface area contributed by atoms with Gasteiger partial charge in [0.05, 0.1) is 14.2 Å². The molecule has 2 unspecified atom stereocenters. The Balaban J connectivity index is 1.51. The van der Waals surface area contributed by atoms with Gasteiger partial charge in [-0.15, -0.1) is 0 Å². The molecule has 6 aliphatic rings. The predicted octanol–water partition coefficient (Wildman–Crippen LogP) is 3.81. The summed E-state index contributed by atoms with van der Waals surface area (Å²) in [6.45, 7) is 8.89. The van der Waals surface area contributed by atoms with Crippen LogP contribution in [0.5, 0.6) is 0 Å². The van der Waals surface area contributed by atoms with E-state index >= 15 is 0 Å². The van der Waals surface area contributed by atoms with Crippen LogP contribution in [0.4, 0.5) is 0 Å². The number of methoxy groups -OCH3 is 2. The smallest absolute Gasteiger partial charge is 0.325 e. The van der Waals surface area contributed by atoms with Crippen LogP contribution in [0.3, 0.4) is 0 Å². The van der Waals surface area contributed by atoms with E-state index in [0.29, 0.717) is 23.7 Å². The number of esters is 2. The highest BCUT2D eigenvalue weighted by molar-refractivity contribution is 6.00. The van der Waals surface area contributed by atoms with Crippen LogP contribution in [0, 0.1) is 63.6 Å². The van der Waals surface area contributed by atoms with Crippen LogP contribution < -0.4 is 0 Å². The van der Waals surface area contributed by atoms with Gasteiger partial charge in [0.25, 0.3) is 0 Å². The normalized spacial score (nSPS) is 29.7. The van der Waals surface area contributed by atoms with Crippen molar-refractivity contribution in [1.29, 1.82) is 0 Å². The lowest BCUT2D eigenvalue weighted by molar-refractivity contribution is -0.168. The van der Waals surface area contributed by atoms with E-state index in [-0.39, 0.29) is 23.7 Å². The van der Waals surface area contributed by atoms with Crippen LogP contribution in [0.25, 0.3) is 0 Å². The molecule has 0 aromatic carbocycles. The van der Waals surface area contributed by atoms with Crippen molar-refractivity contribution in [3.05, 3.63) is 23.3 Å². The van der Waals surface area contributed by atoms with Crippen LogP contribution in [0.1, 0.15) is 66.2 Å². The Morgan fingerprint density at radius 2 is 1.24 bits per heavy atom. The second-order valence-corrected chi connectivity index (χ2v) is 12.4. The molecule has 0 radical (unpaired) electrons. The largest absolute Gasteiger partial charge is 0.468 e. The van der Waals surface area contributed by atoms with Gasteiger partial charge in [-0.25, -0.2) is 0 Å². The number of hydrogen-bond donors (Lipinski definition) is 2. The van der Waals surface area contributed by atoms with Crippen LogP contribution in [0.2, 0.25) is 0 Å². The van der Waals surface area contributed by atoms with Gasteiger partial charge in [0.2, 0.25) is 0 Å². The molecule has 0 aromatic heterocycles. The van der Waals surface area contributed by atoms with Crippen LogP contribution in [-0.4, -0.2) is 48.6 Å². The van der Waals surface area contributed by atoms with Crippen LogP contribution in [-0.2, 0) is 19.1 Å². The van der Waals surface area contributed by atoms with Gasteiger partial charge in [-0.2, -0.15) is 0 Å². The highest BCUT2D eigenvalue weighted by Crippen LogP contribution is 2.60. The number of hydrogen-bond acceptors (Lipinski definition) is 6. The molecular weight excluding hydrogens is 468 g/mol. The lowest BCUT2D eigenvalue weighted by atomic mass is 9.48. The van der Waals surface area contributed by atoms with Crippen LogP contribution in [0.15, 0.2) is 23.3 Å². The van der Waals surface area contributed by atoms with Gasteiger partial charge >= 0.3 is 11.9 Å². The molecule has 2 N–H and O–H groups in total. The fourth-order valence-corrected chi connectivity index (χ4v) is 7.00. The maximum atomic E-state index is 12.9. The minimum atomic E-state index is -1.77. The van der Waals surface area contributed by atoms with Crippen molar-refractivity contribution in [2.45, 2.75) is 78.4 Å². The van der Waals surface area contributed by atoms with Crippen LogP contribution >= 0.6 is 0 Å². The summed E-state index contributed by atoms with van der Waals surface area (Å²) in [6.07, 6.45) is 5.79. The molecule has 2 fully saturated rings. The molecule has 0 spiro atoms. The Morgan fingerprint density at radius 3 is 1.54 bits per heavy atom. The van der Waals surface area contributed by atoms with E-state index in [4.69, 9.17) is 9.47 Å². The van der Waals surface area contributed by atoms with E-state index < -0.39 is 29.6 Å². The molecule has 0 heterocycles. The van der Waals surface area contributed by atoms with E-state index in [1.54, 1.807) is 0 Å². The summed E-state index contributed by atoms with van der Waals surface area (Å²) >= 11 is 0. The van der Waals surface area contributed by atoms with Gasteiger partial charge in [-0.05, 0) is 71.3 Å². The molecule has 200 valence electrons. The number of ether oxygens (including phenoxy) is 2. The number of carbonyl (C=O) groups excluding carboxylic acids is 2. The van der Waals surface area contributed by atoms with Gasteiger partial charge in [-0.1, -0.05) is 63.5 Å². The summed E-state index contributed by atoms with van der Waals surface area (Å²) in [7, 11) is 2.41. The number of allylic oxidation sites excluding steroid dienone is 2. The first kappa shape index (κ1) is 27.5. The van der Waals surface area contributed by atoms with E-state index in [0.717, 1.165) is 36.8 Å². The maximum Gasteiger partial charge on any atom is 0.325 e. The minimum absolute atomic E-state index is 0.147. The Kier molecular flexibility index (Phi) is 7.41. The lowest BCUT2D eigenvalue weighted by Crippen LogP contribution is -2.49. The van der Waals surface area contributed by atoms with Gasteiger partial charge in [0.15, 0.2) is 5.41 Å². The molecule has 37 heavy (non-hydrogen) atoms. The summed E-state index contributed by atoms with van der Waals surface area (Å²) in [5.41, 5.74) is 0.368. The molecule has 4 bridgehead atoms. The van der Waals surface area contributed by atoms with Crippen molar-refractivity contribution in [3.63, 3.8) is 0 Å². The predicted molar refractivity (Wildman–Crippen MR) is 139 cm³/mol. The molecule has 2 saturated carbocycles. The average molecular weight is 509 g/mol. The molecule has 0 aromatic rings. The molecule has 6 atom stereocenters. The van der Waals surface area contributed by atoms with E-state index in [9.17, 15) is 19.8 Å². The molecule has 0 aliphatic heterocycles. The number of carbonyl (C=O) groups is 2. The zero-order valence-corrected chi connectivity index (χ0v) is 22.9. The first-order chi connectivity index (χ1) is 17.4. The number of aliphatic hydroxyl groups is 2. The van der Waals surface area contributed by atoms with Gasteiger partial charge in [0.1, 0.15) is 12.2 Å². The Morgan fingerprint density at radius 1 is 0.865 bits per heavy atom. The fourth-order valence-electron chi connectivity index (χ4n) is 7.00. The van der Waals surface area contributed by atoms with E-state index in [2.05, 4.69) is 63.5 Å². The maximum absolute atomic E-state index is 12.9. The summed E-state index contributed by atoms with van der Waals surface area (Å²) in [5.74, 6) is 11.7. The van der Waals surface area contributed by atoms with Gasteiger partial charge in [-0.3, -0.25) is 9.59 Å². The monoisotopic (exact) mass is 508 g/mol. The topological polar surface area (TPSA) is 93.1 Å². The standard InChI is InChI=1S/C31H40O6/c1-29(2)19-11-13-21(23(29)17-19)25(32)9-7-15-31(27(34)36-5,28(35)37-6)16-8-10-26(33)22-14-12-20-18-24(22)30(20,3)4/h13-14,19-20,23-26,32-33H,11-12,15-18H2,1-6H3/t19-,20-,23+,24+,25?,26?/m1/s1. The van der Waals surface area contributed by atoms with Crippen molar-refractivity contribution in [2.75, 3.05) is 14.2 Å². The van der Waals surface area contributed by atoms with Crippen molar-refractivity contribution in [1.82, 2.24) is 0 Å². The lowest BCUT2D eigenvalue weighted by Gasteiger charge is -2.56. The molecule has 6 rings (SSSR count). The number of fused-ring (bicyclic) bond motifs is 2. The molecular formula is C31H40O6. The van der Waals surface area contributed by atoms with Crippen molar-refractivity contribution < 1.29 is 29.3 Å². The van der Waals surface area contributed by atoms with Crippen molar-refractivity contribution in [2.24, 2.45) is 39.9 Å². The van der Waals surface area contributed by atoms with Gasteiger partial charge in [0, 0.05) is 12.8 Å². The second kappa shape index (κ2) is 9.97. The minimum Gasteiger partial charge on any atom is -0.468 e. The first-order valence-electron chi connectivity index (χ1n) is 13.3. The summed E-state index contributed by atoms with van der Waals surface area (Å²) in [6, 6.07) is 0. The highest BCUT2D eigenvalue weighted by Gasteiger charge is 2.53. The zero-order chi connectivity index (χ0) is 27.2. The Hall–Kier alpha value is -2.54. The third-order valence-corrected chi connectivity index (χ3v) is 10.1. The molecule has 0 saturated heterocycles. The van der Waals surface area contributed by atoms with E-state index in [1.165, 1.54) is 14.2 Å². The number of aliphatic hydroxyl groups excluding tert-OH is 2. The van der Waals surface area contributed by atoms with E-state index in [1.807, 2.05) is 0 Å². The SMILES string of the molecule is COC(=O)C(CC#CC(O)C1=CC[C@@H]2C[C@@H]1C2(C)C)(CC#CC(O)C1=CC[C@@H]2C[C@@H]1C2(C)C)C(=O)OC. The molecule has 0 amide bonds. The zero-order valence-electron chi connectivity index (χ0n) is 22.9. The highest BCUT2D eigenvalue weighted by atomic mass is 16.5. The summed E-state index contributed by atoms with van der Waals surface area (Å²) in [4.78, 5) is 25.7. The summed E-state index contributed by atoms with van der Waals surface area (Å²) < 4.78 is 9.93. The van der Waals surface area contributed by atoms with Gasteiger partial charge < -0.3 is 19.7 Å². The molecule has 6 nitrogen and oxygen atoms in total. The fraction of sp³-hybridized carbons (Fsp3) is 0.677.